The molecule has 3 aromatic heterocycles. The average molecular weight is 410 g/mol. The molecule has 9 nitrogen and oxygen atoms in total. The Bertz CT molecular complexity index is 1180. The molecule has 3 N–H and O–H groups in total. The van der Waals surface area contributed by atoms with Gasteiger partial charge in [0.05, 0.1) is 0 Å². The van der Waals surface area contributed by atoms with E-state index in [1.165, 1.54) is 0 Å². The van der Waals surface area contributed by atoms with Crippen molar-refractivity contribution in [3.63, 3.8) is 0 Å². The molecule has 0 radical (unpaired) electrons. The Balaban J connectivity index is 1.85. The molecular formula is C21H26N6O3. The number of fused-ring (bicyclic) bond motifs is 1. The lowest BCUT2D eigenvalue weighted by atomic mass is 9.96. The van der Waals surface area contributed by atoms with Gasteiger partial charge in [-0.1, -0.05) is 20.8 Å². The number of hydrogen-bond donors (Lipinski definition) is 3. The molecule has 0 aromatic carbocycles. The Kier molecular flexibility index (Phi) is 4.76. The van der Waals surface area contributed by atoms with Gasteiger partial charge in [-0.15, -0.1) is 5.10 Å². The first-order valence-corrected chi connectivity index (χ1v) is 9.98. The molecule has 30 heavy (non-hydrogen) atoms. The van der Waals surface area contributed by atoms with Crippen LogP contribution in [0, 0.1) is 12.3 Å². The van der Waals surface area contributed by atoms with Crippen molar-refractivity contribution in [2.45, 2.75) is 53.1 Å². The monoisotopic (exact) mass is 410 g/mol. The molecule has 0 atom stereocenters. The van der Waals surface area contributed by atoms with Gasteiger partial charge < -0.3 is 15.7 Å². The molecule has 0 spiro atoms. The molecule has 1 aliphatic rings. The summed E-state index contributed by atoms with van der Waals surface area (Å²) in [7, 11) is 0. The summed E-state index contributed by atoms with van der Waals surface area (Å²) in [5, 5.41) is 21.1. The summed E-state index contributed by atoms with van der Waals surface area (Å²) in [6, 6.07) is 5.46. The summed E-state index contributed by atoms with van der Waals surface area (Å²) >= 11 is 0. The second kappa shape index (κ2) is 7.16. The lowest BCUT2D eigenvalue weighted by Crippen LogP contribution is -2.35. The number of anilines is 2. The number of carbonyl (C=O) groups excluding carboxylic acids is 1. The van der Waals surface area contributed by atoms with Crippen molar-refractivity contribution in [1.29, 1.82) is 0 Å². The Morgan fingerprint density at radius 1 is 1.27 bits per heavy atom. The highest BCUT2D eigenvalue weighted by molar-refractivity contribution is 5.96. The van der Waals surface area contributed by atoms with E-state index in [-0.39, 0.29) is 22.9 Å². The van der Waals surface area contributed by atoms with Crippen LogP contribution in [0.5, 0.6) is 5.88 Å². The Labute approximate surface area is 173 Å². The summed E-state index contributed by atoms with van der Waals surface area (Å²) < 4.78 is 2.72. The van der Waals surface area contributed by atoms with E-state index in [2.05, 4.69) is 20.7 Å². The van der Waals surface area contributed by atoms with E-state index in [1.807, 2.05) is 39.8 Å². The predicted octanol–water partition coefficient (Wildman–Crippen LogP) is 2.59. The van der Waals surface area contributed by atoms with E-state index in [4.69, 9.17) is 0 Å². The van der Waals surface area contributed by atoms with Gasteiger partial charge in [-0.05, 0) is 42.9 Å². The molecule has 1 fully saturated rings. The predicted molar refractivity (Wildman–Crippen MR) is 113 cm³/mol. The third kappa shape index (κ3) is 4.00. The van der Waals surface area contributed by atoms with E-state index in [1.54, 1.807) is 16.8 Å². The number of amides is 1. The minimum Gasteiger partial charge on any atom is -0.494 e. The van der Waals surface area contributed by atoms with Crippen LogP contribution in [0.2, 0.25) is 0 Å². The van der Waals surface area contributed by atoms with Crippen LogP contribution in [0.15, 0.2) is 29.2 Å². The zero-order valence-corrected chi connectivity index (χ0v) is 17.6. The van der Waals surface area contributed by atoms with Crippen molar-refractivity contribution < 1.29 is 9.90 Å². The Morgan fingerprint density at radius 2 is 2.00 bits per heavy atom. The fourth-order valence-corrected chi connectivity index (χ4v) is 3.27. The number of aromatic nitrogens is 4. The molecule has 1 saturated carbocycles. The average Bonchev–Trinajstić information content (AvgIpc) is 3.34. The number of aryl methyl sites for hydroxylation is 1. The van der Waals surface area contributed by atoms with Crippen molar-refractivity contribution in [3.8, 4) is 5.88 Å². The van der Waals surface area contributed by atoms with Crippen LogP contribution >= 0.6 is 0 Å². The zero-order valence-electron chi connectivity index (χ0n) is 17.6. The maximum atomic E-state index is 13.1. The third-order valence-electron chi connectivity index (χ3n) is 4.80. The Morgan fingerprint density at radius 3 is 2.63 bits per heavy atom. The molecule has 3 aromatic rings. The first-order chi connectivity index (χ1) is 14.1. The number of hydrogen-bond acceptors (Lipinski definition) is 6. The van der Waals surface area contributed by atoms with Crippen LogP contribution in [-0.2, 0) is 6.54 Å². The van der Waals surface area contributed by atoms with Gasteiger partial charge in [0.25, 0.3) is 11.5 Å². The fraction of sp³-hybridized carbons (Fsp3) is 0.429. The van der Waals surface area contributed by atoms with Gasteiger partial charge >= 0.3 is 0 Å². The van der Waals surface area contributed by atoms with Crippen LogP contribution in [0.25, 0.3) is 5.65 Å². The molecule has 158 valence electrons. The highest BCUT2D eigenvalue weighted by Gasteiger charge is 2.30. The molecule has 0 saturated heterocycles. The number of nitrogens with zero attached hydrogens (tertiary/aromatic N) is 4. The van der Waals surface area contributed by atoms with Gasteiger partial charge in [0.15, 0.2) is 11.4 Å². The molecule has 0 bridgehead atoms. The smallest absolute Gasteiger partial charge is 0.291 e. The minimum absolute atomic E-state index is 0.0605. The number of aromatic hydroxyl groups is 1. The molecule has 3 heterocycles. The van der Waals surface area contributed by atoms with Gasteiger partial charge in [0.1, 0.15) is 11.5 Å². The van der Waals surface area contributed by atoms with Gasteiger partial charge in [-0.25, -0.2) is 4.98 Å². The van der Waals surface area contributed by atoms with Crippen LogP contribution in [0.4, 0.5) is 11.6 Å². The van der Waals surface area contributed by atoms with Crippen molar-refractivity contribution in [2.75, 3.05) is 5.32 Å². The highest BCUT2D eigenvalue weighted by Crippen LogP contribution is 2.27. The summed E-state index contributed by atoms with van der Waals surface area (Å²) in [4.78, 5) is 30.0. The first-order valence-electron chi connectivity index (χ1n) is 9.98. The second-order valence-corrected chi connectivity index (χ2v) is 9.04. The van der Waals surface area contributed by atoms with Gasteiger partial charge in [-0.2, -0.15) is 4.52 Å². The number of nitrogens with one attached hydrogen (secondary N) is 2. The van der Waals surface area contributed by atoms with Crippen LogP contribution in [0.1, 0.15) is 49.5 Å². The lowest BCUT2D eigenvalue weighted by molar-refractivity contribution is 0.0944. The number of carbonyl (C=O) groups is 1. The third-order valence-corrected chi connectivity index (χ3v) is 4.80. The molecule has 0 aliphatic heterocycles. The maximum Gasteiger partial charge on any atom is 0.291 e. The molecule has 0 unspecified atom stereocenters. The first kappa shape index (κ1) is 19.9. The minimum atomic E-state index is -0.656. The van der Waals surface area contributed by atoms with E-state index >= 15 is 0 Å². The molecule has 1 aliphatic carbocycles. The highest BCUT2D eigenvalue weighted by atomic mass is 16.3. The van der Waals surface area contributed by atoms with Gasteiger partial charge in [0.2, 0.25) is 5.88 Å². The van der Waals surface area contributed by atoms with E-state index in [9.17, 15) is 14.7 Å². The SMILES string of the molecule is Cc1ccnc(Nc2cc3n(CC(C)(C)C)c(O)c(C(=O)NC4CC4)c(=O)n3n2)c1. The zero-order chi connectivity index (χ0) is 21.6. The van der Waals surface area contributed by atoms with E-state index < -0.39 is 11.5 Å². The molecule has 4 rings (SSSR count). The van der Waals surface area contributed by atoms with Crippen molar-refractivity contribution >= 4 is 23.2 Å². The molecule has 9 heteroatoms. The normalized spacial score (nSPS) is 14.1. The van der Waals surface area contributed by atoms with E-state index in [0.717, 1.165) is 22.9 Å². The fourth-order valence-electron chi connectivity index (χ4n) is 3.27. The van der Waals surface area contributed by atoms with Gasteiger partial charge in [-0.3, -0.25) is 14.2 Å². The Hall–Kier alpha value is -3.36. The summed E-state index contributed by atoms with van der Waals surface area (Å²) in [6.07, 6.45) is 3.44. The lowest BCUT2D eigenvalue weighted by Gasteiger charge is -2.23. The number of pyridine rings is 1. The summed E-state index contributed by atoms with van der Waals surface area (Å²) in [5.41, 5.74) is 0.261. The second-order valence-electron chi connectivity index (χ2n) is 9.04. The van der Waals surface area contributed by atoms with Gasteiger partial charge in [0, 0.05) is 24.8 Å². The summed E-state index contributed by atoms with van der Waals surface area (Å²) in [6.45, 7) is 8.37. The van der Waals surface area contributed by atoms with Crippen LogP contribution in [0.3, 0.4) is 0 Å². The largest absolute Gasteiger partial charge is 0.494 e. The summed E-state index contributed by atoms with van der Waals surface area (Å²) in [5.74, 6) is 0.0618. The van der Waals surface area contributed by atoms with Crippen molar-refractivity contribution in [1.82, 2.24) is 24.5 Å². The topological polar surface area (TPSA) is 114 Å². The quantitative estimate of drug-likeness (QED) is 0.596. The van der Waals surface area contributed by atoms with Crippen molar-refractivity contribution in [2.24, 2.45) is 5.41 Å². The van der Waals surface area contributed by atoms with Crippen molar-refractivity contribution in [3.05, 3.63) is 45.9 Å². The van der Waals surface area contributed by atoms with E-state index in [0.29, 0.717) is 23.8 Å². The molecule has 1 amide bonds. The van der Waals surface area contributed by atoms with Crippen LogP contribution < -0.4 is 16.2 Å². The number of rotatable bonds is 5. The standard InChI is InChI=1S/C21H26N6O3/c1-12-7-8-22-14(9-12)24-15-10-16-26(11-21(2,3)4)19(29)17(20(30)27(16)25-15)18(28)23-13-5-6-13/h7-10,13,29H,5-6,11H2,1-4H3,(H,23,28)(H,22,24,25). The van der Waals surface area contributed by atoms with Crippen LogP contribution in [-0.4, -0.2) is 36.2 Å². The molecular weight excluding hydrogens is 384 g/mol. The maximum absolute atomic E-state index is 13.1.